The van der Waals surface area contributed by atoms with Crippen LogP contribution < -0.4 is 19.7 Å². The summed E-state index contributed by atoms with van der Waals surface area (Å²) in [4.78, 5) is 37.4. The van der Waals surface area contributed by atoms with Crippen molar-refractivity contribution in [2.45, 2.75) is 94.2 Å². The molecule has 4 N–H and O–H groups in total. The highest BCUT2D eigenvalue weighted by atomic mass is 32.2. The number of ether oxygens (including phenoxy) is 1. The Morgan fingerprint density at radius 2 is 1.84 bits per heavy atom. The predicted molar refractivity (Wildman–Crippen MR) is 234 cm³/mol. The molecule has 4 aliphatic rings. The number of carbonyl (C=O) groups excluding carboxylic acids is 1. The van der Waals surface area contributed by atoms with Crippen molar-refractivity contribution in [3.63, 3.8) is 0 Å². The minimum Gasteiger partial charge on any atom is -0.455 e. The number of nitro groups is 1. The topological polar surface area (TPSA) is 183 Å². The van der Waals surface area contributed by atoms with Gasteiger partial charge in [0.05, 0.1) is 27.2 Å². The number of benzene rings is 3. The van der Waals surface area contributed by atoms with Crippen molar-refractivity contribution in [2.75, 3.05) is 36.4 Å². The van der Waals surface area contributed by atoms with Crippen molar-refractivity contribution in [1.29, 1.82) is 0 Å². The summed E-state index contributed by atoms with van der Waals surface area (Å²) in [7, 11) is -4.56. The number of hydrogen-bond acceptors (Lipinski definition) is 11. The molecule has 0 bridgehead atoms. The van der Waals surface area contributed by atoms with Gasteiger partial charge >= 0.3 is 0 Å². The first-order chi connectivity index (χ1) is 29.3. The number of pyridine rings is 1. The van der Waals surface area contributed by atoms with Crippen molar-refractivity contribution in [1.82, 2.24) is 19.6 Å². The van der Waals surface area contributed by atoms with E-state index in [1.807, 2.05) is 19.1 Å². The molecular weight excluding hydrogens is 795 g/mol. The number of aliphatic hydroxyl groups is 1. The van der Waals surface area contributed by atoms with E-state index in [9.17, 15) is 28.4 Å². The first-order valence-corrected chi connectivity index (χ1v) is 22.9. The predicted octanol–water partition coefficient (Wildman–Crippen LogP) is 8.10. The Hall–Kier alpha value is -5.51. The van der Waals surface area contributed by atoms with E-state index in [-0.39, 0.29) is 28.3 Å². The van der Waals surface area contributed by atoms with E-state index < -0.39 is 37.0 Å². The third kappa shape index (κ3) is 8.30. The summed E-state index contributed by atoms with van der Waals surface area (Å²) in [6, 6.07) is 22.2. The fourth-order valence-electron chi connectivity index (χ4n) is 10.2. The minimum atomic E-state index is -4.56. The number of amides is 1. The zero-order chi connectivity index (χ0) is 42.5. The summed E-state index contributed by atoms with van der Waals surface area (Å²) in [5.74, 6) is -0.216. The van der Waals surface area contributed by atoms with Gasteiger partial charge in [-0.25, -0.2) is 18.1 Å². The molecule has 0 unspecified atom stereocenters. The molecule has 14 nitrogen and oxygen atoms in total. The smallest absolute Gasteiger partial charge is 0.293 e. The van der Waals surface area contributed by atoms with Crippen LogP contribution in [0, 0.1) is 21.4 Å². The minimum absolute atomic E-state index is 0.0212. The van der Waals surface area contributed by atoms with Gasteiger partial charge in [-0.1, -0.05) is 31.2 Å². The molecule has 1 atom stereocenters. The molecular formula is C46H53N7O7S. The van der Waals surface area contributed by atoms with Gasteiger partial charge in [-0.15, -0.1) is 0 Å². The van der Waals surface area contributed by atoms with Crippen molar-refractivity contribution in [2.24, 2.45) is 11.3 Å². The zero-order valence-corrected chi connectivity index (χ0v) is 35.4. The number of aromatic amines is 1. The molecule has 2 saturated carbocycles. The average Bonchev–Trinajstić information content (AvgIpc) is 3.89. The fourth-order valence-corrected chi connectivity index (χ4v) is 11.2. The zero-order valence-electron chi connectivity index (χ0n) is 34.6. The van der Waals surface area contributed by atoms with Crippen LogP contribution in [0.2, 0.25) is 0 Å². The molecule has 2 aromatic heterocycles. The van der Waals surface area contributed by atoms with Crippen LogP contribution in [-0.4, -0.2) is 77.0 Å². The molecule has 4 heterocycles. The Bertz CT molecular complexity index is 2570. The highest BCUT2D eigenvalue weighted by Gasteiger charge is 2.55. The first-order valence-electron chi connectivity index (χ1n) is 21.4. The average molecular weight is 848 g/mol. The first kappa shape index (κ1) is 40.9. The van der Waals surface area contributed by atoms with Crippen LogP contribution in [0.1, 0.15) is 92.7 Å². The quantitative estimate of drug-likeness (QED) is 0.0664. The number of aromatic nitrogens is 2. The van der Waals surface area contributed by atoms with Gasteiger partial charge in [-0.3, -0.25) is 19.8 Å². The SMILES string of the molecule is CCc1ccccc1[C@@H]1CCCN1C1CC2(C1)CN(c1ccc(C(=O)NS(=O)(=O)c3ccc(NCC4CCC(C)(O)CC4)c([N+](=O)[O-])c3)c(Oc3cnc4[nH]ccc4c3)c1)C2. The van der Waals surface area contributed by atoms with Crippen LogP contribution in [-0.2, 0) is 16.4 Å². The Kier molecular flexibility index (Phi) is 10.8. The van der Waals surface area contributed by atoms with Crippen LogP contribution in [0.3, 0.4) is 0 Å². The van der Waals surface area contributed by atoms with Crippen LogP contribution in [0.15, 0.2) is 90.1 Å². The van der Waals surface area contributed by atoms with Crippen LogP contribution >= 0.6 is 0 Å². The maximum Gasteiger partial charge on any atom is 0.293 e. The number of rotatable bonds is 13. The third-order valence-electron chi connectivity index (χ3n) is 13.6. The van der Waals surface area contributed by atoms with Gasteiger partial charge in [0.15, 0.2) is 0 Å². The summed E-state index contributed by atoms with van der Waals surface area (Å²) in [5, 5.41) is 26.3. The lowest BCUT2D eigenvalue weighted by atomic mass is 9.60. The number of nitrogens with zero attached hydrogens (tertiary/aromatic N) is 4. The van der Waals surface area contributed by atoms with E-state index >= 15 is 0 Å². The molecule has 1 spiro atoms. The van der Waals surface area contributed by atoms with Crippen molar-refractivity contribution < 1.29 is 28.0 Å². The highest BCUT2D eigenvalue weighted by Crippen LogP contribution is 2.54. The summed E-state index contributed by atoms with van der Waals surface area (Å²) >= 11 is 0. The number of sulfonamides is 1. The molecule has 61 heavy (non-hydrogen) atoms. The third-order valence-corrected chi connectivity index (χ3v) is 14.9. The van der Waals surface area contributed by atoms with E-state index in [1.165, 1.54) is 42.3 Å². The number of anilines is 2. The number of nitrogens with one attached hydrogen (secondary N) is 3. The highest BCUT2D eigenvalue weighted by molar-refractivity contribution is 7.90. The normalized spacial score (nSPS) is 22.8. The van der Waals surface area contributed by atoms with Gasteiger partial charge in [0, 0.05) is 66.5 Å². The van der Waals surface area contributed by atoms with Crippen molar-refractivity contribution in [3.05, 3.63) is 112 Å². The lowest BCUT2D eigenvalue weighted by Crippen LogP contribution is -2.66. The monoisotopic (exact) mass is 847 g/mol. The molecule has 3 aromatic carbocycles. The van der Waals surface area contributed by atoms with E-state index in [1.54, 1.807) is 24.4 Å². The van der Waals surface area contributed by atoms with Gasteiger partial charge in [0.1, 0.15) is 22.8 Å². The van der Waals surface area contributed by atoms with Crippen molar-refractivity contribution in [3.8, 4) is 11.5 Å². The Morgan fingerprint density at radius 3 is 2.61 bits per heavy atom. The molecule has 9 rings (SSSR count). The second-order valence-corrected chi connectivity index (χ2v) is 19.6. The van der Waals surface area contributed by atoms with Gasteiger partial charge in [-0.05, 0) is 125 Å². The fraction of sp³-hybridized carbons (Fsp3) is 0.435. The maximum atomic E-state index is 13.9. The van der Waals surface area contributed by atoms with Crippen molar-refractivity contribution >= 4 is 44.0 Å². The molecule has 2 saturated heterocycles. The lowest BCUT2D eigenvalue weighted by Gasteiger charge is -2.62. The Balaban J connectivity index is 0.904. The number of carbonyl (C=O) groups is 1. The largest absolute Gasteiger partial charge is 0.455 e. The summed E-state index contributed by atoms with van der Waals surface area (Å²) < 4.78 is 35.8. The molecule has 4 fully saturated rings. The Labute approximate surface area is 355 Å². The molecule has 5 aromatic rings. The number of fused-ring (bicyclic) bond motifs is 1. The number of nitro benzene ring substituents is 1. The number of H-pyrrole nitrogens is 1. The Morgan fingerprint density at radius 1 is 1.05 bits per heavy atom. The molecule has 0 radical (unpaired) electrons. The van der Waals surface area contributed by atoms with Gasteiger partial charge in [0.2, 0.25) is 0 Å². The van der Waals surface area contributed by atoms with Crippen LogP contribution in [0.5, 0.6) is 11.5 Å². The van der Waals surface area contributed by atoms with Crippen LogP contribution in [0.25, 0.3) is 11.0 Å². The standard InChI is InChI=1S/C46H53N7O7S/c1-3-31-7-4-5-8-37(31)40-9-6-20-52(40)34-24-46(25-34)28-51(29-46)33-10-12-38(42(22-33)60-35-21-32-16-19-47-43(32)49-27-35)44(54)50-61(58,59)36-11-13-39(41(23-36)53(56)57)48-26-30-14-17-45(2,55)18-15-30/h4-5,7-8,10-13,16,19,21-23,27,30,34,40,48,55H,3,6,9,14-15,17-18,20,24-26,28-29H2,1-2H3,(H,47,49)(H,50,54)/t30?,40-,45?/m0/s1. The summed E-state index contributed by atoms with van der Waals surface area (Å²) in [6.07, 6.45) is 11.8. The maximum absolute atomic E-state index is 13.9. The number of aryl methyl sites for hydroxylation is 1. The van der Waals surface area contributed by atoms with E-state index in [4.69, 9.17) is 4.74 Å². The second-order valence-electron chi connectivity index (χ2n) is 17.9. The van der Waals surface area contributed by atoms with E-state index in [0.29, 0.717) is 42.9 Å². The van der Waals surface area contributed by atoms with E-state index in [0.717, 1.165) is 68.9 Å². The molecule has 320 valence electrons. The number of likely N-dealkylation sites (tertiary alicyclic amines) is 1. The molecule has 2 aliphatic heterocycles. The molecule has 2 aliphatic carbocycles. The second kappa shape index (κ2) is 16.1. The lowest BCUT2D eigenvalue weighted by molar-refractivity contribution is -0.384. The summed E-state index contributed by atoms with van der Waals surface area (Å²) in [5.41, 5.74) is 3.69. The van der Waals surface area contributed by atoms with Gasteiger partial charge in [0.25, 0.3) is 21.6 Å². The summed E-state index contributed by atoms with van der Waals surface area (Å²) in [6.45, 7) is 7.36. The van der Waals surface area contributed by atoms with Gasteiger partial charge in [-0.2, -0.15) is 0 Å². The van der Waals surface area contributed by atoms with Crippen LogP contribution in [0.4, 0.5) is 17.1 Å². The number of hydrogen-bond donors (Lipinski definition) is 4. The van der Waals surface area contributed by atoms with Gasteiger partial charge < -0.3 is 25.0 Å². The van der Waals surface area contributed by atoms with E-state index in [2.05, 4.69) is 61.0 Å². The molecule has 1 amide bonds. The molecule has 15 heteroatoms.